The molecule has 0 bridgehead atoms. The molecule has 0 radical (unpaired) electrons. The van der Waals surface area contributed by atoms with E-state index >= 15 is 0 Å². The second-order valence-corrected chi connectivity index (χ2v) is 15.3. The summed E-state index contributed by atoms with van der Waals surface area (Å²) < 4.78 is 16.5. The number of allylic oxidation sites excluding steroid dienone is 7. The second kappa shape index (κ2) is 34.6. The van der Waals surface area contributed by atoms with Crippen molar-refractivity contribution >= 4 is 17.9 Å². The molecule has 0 aliphatic heterocycles. The highest BCUT2D eigenvalue weighted by molar-refractivity contribution is 5.81. The van der Waals surface area contributed by atoms with Gasteiger partial charge in [0.2, 0.25) is 0 Å². The molecule has 0 saturated carbocycles. The summed E-state index contributed by atoms with van der Waals surface area (Å²) in [6, 6.07) is 0. The molecular weight excluding hydrogens is 663 g/mol. The molecule has 0 amide bonds. The Bertz CT molecular complexity index is 1110. The van der Waals surface area contributed by atoms with Crippen LogP contribution in [0, 0.1) is 11.3 Å². The molecule has 53 heavy (non-hydrogen) atoms. The van der Waals surface area contributed by atoms with Crippen molar-refractivity contribution in [3.8, 4) is 0 Å². The van der Waals surface area contributed by atoms with Crippen molar-refractivity contribution < 1.29 is 28.6 Å². The highest BCUT2D eigenvalue weighted by atomic mass is 16.5. The zero-order valence-corrected chi connectivity index (χ0v) is 34.8. The molecule has 302 valence electrons. The molecule has 0 rings (SSSR count). The van der Waals surface area contributed by atoms with Crippen molar-refractivity contribution in [3.63, 3.8) is 0 Å². The predicted molar refractivity (Wildman–Crippen MR) is 223 cm³/mol. The van der Waals surface area contributed by atoms with Gasteiger partial charge in [-0.25, -0.2) is 4.79 Å². The molecule has 7 nitrogen and oxygen atoms in total. The number of hydrogen-bond donors (Lipinski definition) is 0. The van der Waals surface area contributed by atoms with E-state index in [-0.39, 0.29) is 35.8 Å². The van der Waals surface area contributed by atoms with Crippen LogP contribution in [0.15, 0.2) is 72.9 Å². The fourth-order valence-corrected chi connectivity index (χ4v) is 6.11. The van der Waals surface area contributed by atoms with Crippen LogP contribution in [0.4, 0.5) is 0 Å². The quantitative estimate of drug-likeness (QED) is 0.0218. The third-order valence-electron chi connectivity index (χ3n) is 8.58. The van der Waals surface area contributed by atoms with Crippen LogP contribution in [-0.2, 0) is 28.6 Å². The van der Waals surface area contributed by atoms with Gasteiger partial charge in [-0.05, 0) is 83.2 Å². The minimum atomic E-state index is -0.335. The maximum atomic E-state index is 13.1. The van der Waals surface area contributed by atoms with E-state index in [9.17, 15) is 14.4 Å². The highest BCUT2D eigenvalue weighted by Crippen LogP contribution is 2.30. The number of carbonyl (C=O) groups excluding carboxylic acids is 3. The Labute approximate surface area is 325 Å². The Morgan fingerprint density at radius 2 is 1.25 bits per heavy atom. The normalized spacial score (nSPS) is 13.8. The first kappa shape index (κ1) is 49.8. The first-order valence-electron chi connectivity index (χ1n) is 20.6. The summed E-state index contributed by atoms with van der Waals surface area (Å²) in [7, 11) is 4.15. The Morgan fingerprint density at radius 3 is 1.89 bits per heavy atom. The smallest absolute Gasteiger partial charge is 0.330 e. The predicted octanol–water partition coefficient (Wildman–Crippen LogP) is 11.6. The van der Waals surface area contributed by atoms with Gasteiger partial charge in [0.1, 0.15) is 19.3 Å². The number of nitrogens with zero attached hydrogens (tertiary/aromatic N) is 1. The van der Waals surface area contributed by atoms with Crippen LogP contribution < -0.4 is 0 Å². The Kier molecular flexibility index (Phi) is 32.5. The van der Waals surface area contributed by atoms with Crippen molar-refractivity contribution in [2.75, 3.05) is 33.9 Å². The Hall–Kier alpha value is -3.19. The molecule has 2 atom stereocenters. The van der Waals surface area contributed by atoms with Gasteiger partial charge in [0.05, 0.1) is 12.8 Å². The number of carbonyl (C=O) groups is 3. The van der Waals surface area contributed by atoms with Crippen molar-refractivity contribution in [1.82, 2.24) is 4.90 Å². The molecule has 0 spiro atoms. The van der Waals surface area contributed by atoms with Crippen LogP contribution in [0.2, 0.25) is 0 Å². The van der Waals surface area contributed by atoms with Gasteiger partial charge in [0, 0.05) is 19.0 Å². The van der Waals surface area contributed by atoms with Gasteiger partial charge in [-0.3, -0.25) is 9.59 Å². The van der Waals surface area contributed by atoms with E-state index in [0.29, 0.717) is 51.2 Å². The van der Waals surface area contributed by atoms with E-state index in [4.69, 9.17) is 14.2 Å². The number of esters is 3. The molecule has 0 aromatic carbocycles. The number of hydrogen-bond acceptors (Lipinski definition) is 7. The summed E-state index contributed by atoms with van der Waals surface area (Å²) >= 11 is 0. The third kappa shape index (κ3) is 35.6. The average molecular weight is 740 g/mol. The molecule has 0 heterocycles. The standard InChI is InChI=1S/C46H77NO6/c1-8-10-12-14-16-24-30-36-51-43(48)34-28-22-18-20-26-32-42(53-45(50)39-46(4,5)38-41(3)40-47(6)7)33-27-21-19-23-29-35-44(49)52-37-31-25-17-15-13-11-9-2/h18,20-21,23-25,27-31,34,41-42H,8-17,19,22,26,32-33,35-40H2,1-7H3/b20-18-,27-21-,29-23-,30-24-,31-25-,34-28-. The minimum Gasteiger partial charge on any atom is -0.462 e. The SMILES string of the molecule is CCCCCC/C=C\COC(=O)/C=C\C/C=C\CCC(C/C=C\C/C=C\CC(=O)OC/C=C\CCCCCC)OC(=O)CC(C)(C)CC(C)CN(C)C. The molecular formula is C46H77NO6. The van der Waals surface area contributed by atoms with Gasteiger partial charge in [0.25, 0.3) is 0 Å². The van der Waals surface area contributed by atoms with Crippen molar-refractivity contribution in [2.24, 2.45) is 11.3 Å². The zero-order chi connectivity index (χ0) is 39.4. The zero-order valence-electron chi connectivity index (χ0n) is 34.8. The van der Waals surface area contributed by atoms with Gasteiger partial charge in [-0.15, -0.1) is 0 Å². The van der Waals surface area contributed by atoms with E-state index in [1.807, 2.05) is 36.5 Å². The molecule has 0 N–H and O–H groups in total. The van der Waals surface area contributed by atoms with E-state index in [2.05, 4.69) is 77.9 Å². The average Bonchev–Trinajstić information content (AvgIpc) is 3.08. The fourth-order valence-electron chi connectivity index (χ4n) is 6.11. The van der Waals surface area contributed by atoms with Crippen LogP contribution in [0.1, 0.15) is 150 Å². The fraction of sp³-hybridized carbons (Fsp3) is 0.674. The number of unbranched alkanes of at least 4 members (excludes halogenated alkanes) is 8. The molecule has 0 aromatic heterocycles. The Morgan fingerprint density at radius 1 is 0.660 bits per heavy atom. The summed E-state index contributed by atoms with van der Waals surface area (Å²) in [5.74, 6) is -0.247. The lowest BCUT2D eigenvalue weighted by molar-refractivity contribution is -0.152. The lowest BCUT2D eigenvalue weighted by Crippen LogP contribution is -2.28. The summed E-state index contributed by atoms with van der Waals surface area (Å²) in [6.07, 6.45) is 39.9. The molecule has 0 fully saturated rings. The van der Waals surface area contributed by atoms with Crippen LogP contribution in [-0.4, -0.2) is 62.8 Å². The lowest BCUT2D eigenvalue weighted by atomic mass is 9.80. The molecule has 0 aliphatic rings. The van der Waals surface area contributed by atoms with Crippen molar-refractivity contribution in [3.05, 3.63) is 72.9 Å². The van der Waals surface area contributed by atoms with E-state index in [1.165, 1.54) is 57.4 Å². The second-order valence-electron chi connectivity index (χ2n) is 15.3. The van der Waals surface area contributed by atoms with E-state index in [1.54, 1.807) is 6.08 Å². The van der Waals surface area contributed by atoms with Gasteiger partial charge in [-0.1, -0.05) is 140 Å². The first-order chi connectivity index (χ1) is 25.5. The van der Waals surface area contributed by atoms with Crippen LogP contribution in [0.5, 0.6) is 0 Å². The number of ether oxygens (including phenoxy) is 3. The van der Waals surface area contributed by atoms with E-state index in [0.717, 1.165) is 32.2 Å². The molecule has 7 heteroatoms. The van der Waals surface area contributed by atoms with Crippen LogP contribution in [0.3, 0.4) is 0 Å². The summed E-state index contributed by atoms with van der Waals surface area (Å²) in [5.41, 5.74) is -0.151. The highest BCUT2D eigenvalue weighted by Gasteiger charge is 2.27. The van der Waals surface area contributed by atoms with E-state index < -0.39 is 0 Å². The Balaban J connectivity index is 4.81. The molecule has 0 saturated heterocycles. The first-order valence-corrected chi connectivity index (χ1v) is 20.6. The topological polar surface area (TPSA) is 82.1 Å². The summed E-state index contributed by atoms with van der Waals surface area (Å²) in [4.78, 5) is 39.2. The number of rotatable bonds is 33. The third-order valence-corrected chi connectivity index (χ3v) is 8.58. The monoisotopic (exact) mass is 740 g/mol. The largest absolute Gasteiger partial charge is 0.462 e. The summed E-state index contributed by atoms with van der Waals surface area (Å²) in [5, 5.41) is 0. The van der Waals surface area contributed by atoms with Gasteiger partial charge < -0.3 is 19.1 Å². The molecule has 0 aliphatic carbocycles. The molecule has 0 aromatic rings. The van der Waals surface area contributed by atoms with Gasteiger partial charge in [0.15, 0.2) is 0 Å². The maximum absolute atomic E-state index is 13.1. The van der Waals surface area contributed by atoms with Crippen LogP contribution in [0.25, 0.3) is 0 Å². The lowest BCUT2D eigenvalue weighted by Gasteiger charge is -2.29. The van der Waals surface area contributed by atoms with Crippen molar-refractivity contribution in [1.29, 1.82) is 0 Å². The maximum Gasteiger partial charge on any atom is 0.330 e. The molecule has 2 unspecified atom stereocenters. The van der Waals surface area contributed by atoms with Gasteiger partial charge in [-0.2, -0.15) is 0 Å². The minimum absolute atomic E-state index is 0.151. The van der Waals surface area contributed by atoms with Crippen molar-refractivity contribution in [2.45, 2.75) is 156 Å². The van der Waals surface area contributed by atoms with Gasteiger partial charge >= 0.3 is 17.9 Å². The van der Waals surface area contributed by atoms with Crippen LogP contribution >= 0.6 is 0 Å². The summed E-state index contributed by atoms with van der Waals surface area (Å²) in [6.45, 7) is 12.5.